The predicted molar refractivity (Wildman–Crippen MR) is 71.5 cm³/mol. The Morgan fingerprint density at radius 2 is 2.00 bits per heavy atom. The zero-order valence-corrected chi connectivity index (χ0v) is 11.8. The maximum atomic E-state index is 13.6. The van der Waals surface area contributed by atoms with Crippen LogP contribution in [0.5, 0.6) is 5.75 Å². The highest BCUT2D eigenvalue weighted by atomic mass is 19.1. The van der Waals surface area contributed by atoms with Crippen LogP contribution in [-0.2, 0) is 9.59 Å². The van der Waals surface area contributed by atoms with Crippen molar-refractivity contribution in [3.8, 4) is 5.75 Å². The van der Waals surface area contributed by atoms with Crippen molar-refractivity contribution in [3.05, 3.63) is 29.6 Å². The minimum Gasteiger partial charge on any atom is -0.494 e. The molecule has 0 spiro atoms. The molecule has 2 amide bonds. The molecule has 21 heavy (non-hydrogen) atoms. The summed E-state index contributed by atoms with van der Waals surface area (Å²) in [6, 6.07) is 3.83. The summed E-state index contributed by atoms with van der Waals surface area (Å²) in [5.41, 5.74) is 0.132. The molecule has 1 heterocycles. The highest BCUT2D eigenvalue weighted by molar-refractivity contribution is 6.01. The fourth-order valence-corrected chi connectivity index (χ4v) is 2.01. The average molecular weight is 294 g/mol. The number of benzene rings is 1. The first-order chi connectivity index (χ1) is 9.92. The number of likely N-dealkylation sites (N-methyl/N-ethyl adjacent to an activating group) is 1. The number of ketones is 1. The van der Waals surface area contributed by atoms with Gasteiger partial charge in [0.1, 0.15) is 6.54 Å². The molecule has 2 rings (SSSR count). The molecule has 0 aliphatic carbocycles. The summed E-state index contributed by atoms with van der Waals surface area (Å²) in [5.74, 6) is -1.58. The molecular weight excluding hydrogens is 279 g/mol. The van der Waals surface area contributed by atoms with Gasteiger partial charge >= 0.3 is 0 Å². The van der Waals surface area contributed by atoms with Crippen molar-refractivity contribution < 1.29 is 23.5 Å². The zero-order chi connectivity index (χ0) is 15.6. The van der Waals surface area contributed by atoms with E-state index in [2.05, 4.69) is 0 Å². The minimum atomic E-state index is -0.649. The molecule has 7 heteroatoms. The van der Waals surface area contributed by atoms with Gasteiger partial charge in [0.05, 0.1) is 20.2 Å². The summed E-state index contributed by atoms with van der Waals surface area (Å²) in [6.07, 6.45) is 0. The van der Waals surface area contributed by atoms with E-state index < -0.39 is 11.6 Å². The monoisotopic (exact) mass is 294 g/mol. The highest BCUT2D eigenvalue weighted by Crippen LogP contribution is 2.18. The maximum absolute atomic E-state index is 13.6. The number of methoxy groups -OCH3 is 1. The summed E-state index contributed by atoms with van der Waals surface area (Å²) in [7, 11) is 2.85. The number of amides is 2. The van der Waals surface area contributed by atoms with E-state index in [0.717, 1.165) is 6.07 Å². The van der Waals surface area contributed by atoms with Gasteiger partial charge in [-0.1, -0.05) is 0 Å². The molecule has 0 aromatic heterocycles. The zero-order valence-electron chi connectivity index (χ0n) is 11.8. The smallest absolute Gasteiger partial charge is 0.243 e. The largest absolute Gasteiger partial charge is 0.494 e. The molecule has 112 valence electrons. The molecule has 0 bridgehead atoms. The molecule has 1 aromatic carbocycles. The van der Waals surface area contributed by atoms with Crippen LogP contribution in [0.25, 0.3) is 0 Å². The lowest BCUT2D eigenvalue weighted by Crippen LogP contribution is -2.53. The number of nitrogens with zero attached hydrogens (tertiary/aromatic N) is 2. The van der Waals surface area contributed by atoms with E-state index in [1.165, 1.54) is 36.1 Å². The molecule has 0 radical (unpaired) electrons. The summed E-state index contributed by atoms with van der Waals surface area (Å²) in [5, 5.41) is 0. The van der Waals surface area contributed by atoms with Crippen molar-refractivity contribution in [1.82, 2.24) is 9.80 Å². The van der Waals surface area contributed by atoms with E-state index in [0.29, 0.717) is 0 Å². The number of carbonyl (C=O) groups is 3. The van der Waals surface area contributed by atoms with Gasteiger partial charge in [0, 0.05) is 12.6 Å². The number of piperazine rings is 1. The molecule has 0 N–H and O–H groups in total. The fraction of sp³-hybridized carbons (Fsp3) is 0.357. The Morgan fingerprint density at radius 1 is 1.29 bits per heavy atom. The van der Waals surface area contributed by atoms with E-state index in [1.807, 2.05) is 0 Å². The Labute approximate surface area is 121 Å². The van der Waals surface area contributed by atoms with Gasteiger partial charge < -0.3 is 14.5 Å². The van der Waals surface area contributed by atoms with E-state index in [1.54, 1.807) is 0 Å². The van der Waals surface area contributed by atoms with Crippen molar-refractivity contribution in [2.75, 3.05) is 33.8 Å². The van der Waals surface area contributed by atoms with Crippen LogP contribution >= 0.6 is 0 Å². The summed E-state index contributed by atoms with van der Waals surface area (Å²) >= 11 is 0. The first-order valence-electron chi connectivity index (χ1n) is 6.31. The second kappa shape index (κ2) is 5.90. The first kappa shape index (κ1) is 15.0. The molecule has 1 saturated heterocycles. The topological polar surface area (TPSA) is 66.9 Å². The predicted octanol–water partition coefficient (Wildman–Crippen LogP) is 0.318. The molecule has 0 atom stereocenters. The summed E-state index contributed by atoms with van der Waals surface area (Å²) in [4.78, 5) is 37.9. The Morgan fingerprint density at radius 3 is 2.62 bits per heavy atom. The van der Waals surface area contributed by atoms with Gasteiger partial charge in [0.25, 0.3) is 0 Å². The number of Topliss-reactive ketones (excluding diaryl/α,β-unsaturated/α-hetero) is 1. The van der Waals surface area contributed by atoms with Gasteiger partial charge in [0.2, 0.25) is 11.8 Å². The van der Waals surface area contributed by atoms with Crippen LogP contribution in [0.4, 0.5) is 4.39 Å². The summed E-state index contributed by atoms with van der Waals surface area (Å²) in [6.45, 7) is -0.438. The fourth-order valence-electron chi connectivity index (χ4n) is 2.01. The quantitative estimate of drug-likeness (QED) is 0.750. The van der Waals surface area contributed by atoms with Gasteiger partial charge in [-0.2, -0.15) is 0 Å². The minimum absolute atomic E-state index is 0.0393. The normalized spacial score (nSPS) is 15.4. The maximum Gasteiger partial charge on any atom is 0.243 e. The van der Waals surface area contributed by atoms with Gasteiger partial charge in [-0.15, -0.1) is 0 Å². The van der Waals surface area contributed by atoms with Crippen LogP contribution in [-0.4, -0.2) is 61.2 Å². The molecule has 1 aromatic rings. The molecule has 1 aliphatic rings. The molecule has 1 fully saturated rings. The molecule has 0 saturated carbocycles. The third kappa shape index (κ3) is 3.18. The van der Waals surface area contributed by atoms with Gasteiger partial charge in [-0.3, -0.25) is 14.4 Å². The molecular formula is C14H15FN2O4. The Hall–Kier alpha value is -2.44. The average Bonchev–Trinajstić information content (AvgIpc) is 2.44. The van der Waals surface area contributed by atoms with Crippen LogP contribution in [0, 0.1) is 5.82 Å². The number of hydrogen-bond acceptors (Lipinski definition) is 4. The van der Waals surface area contributed by atoms with Crippen LogP contribution in [0.1, 0.15) is 10.4 Å². The van der Waals surface area contributed by atoms with E-state index in [9.17, 15) is 18.8 Å². The second-order valence-electron chi connectivity index (χ2n) is 4.77. The number of carbonyl (C=O) groups excluding carboxylic acids is 3. The first-order valence-corrected chi connectivity index (χ1v) is 6.31. The Kier molecular flexibility index (Phi) is 4.21. The van der Waals surface area contributed by atoms with Gasteiger partial charge in [-0.25, -0.2) is 4.39 Å². The number of halogens is 1. The van der Waals surface area contributed by atoms with Crippen molar-refractivity contribution in [2.24, 2.45) is 0 Å². The Bertz CT molecular complexity index is 603. The highest BCUT2D eigenvalue weighted by Gasteiger charge is 2.29. The van der Waals surface area contributed by atoms with Gasteiger partial charge in [-0.05, 0) is 18.2 Å². The van der Waals surface area contributed by atoms with Crippen LogP contribution < -0.4 is 4.74 Å². The molecule has 0 unspecified atom stereocenters. The molecule has 6 nitrogen and oxygen atoms in total. The lowest BCUT2D eigenvalue weighted by atomic mass is 10.1. The third-order valence-electron chi connectivity index (χ3n) is 3.29. The SMILES string of the molecule is COc1ccc(C(=O)CN2CC(=O)N(C)CC2=O)cc1F. The van der Waals surface area contributed by atoms with E-state index in [-0.39, 0.29) is 42.8 Å². The van der Waals surface area contributed by atoms with Crippen LogP contribution in [0.2, 0.25) is 0 Å². The molecule has 1 aliphatic heterocycles. The number of hydrogen-bond donors (Lipinski definition) is 0. The standard InChI is InChI=1S/C14H15FN2O4/c1-16-7-14(20)17(8-13(16)19)6-11(18)9-3-4-12(21-2)10(15)5-9/h3-5H,6-8H2,1-2H3. The van der Waals surface area contributed by atoms with Crippen molar-refractivity contribution in [1.29, 1.82) is 0 Å². The van der Waals surface area contributed by atoms with Crippen LogP contribution in [0.3, 0.4) is 0 Å². The van der Waals surface area contributed by atoms with Crippen LogP contribution in [0.15, 0.2) is 18.2 Å². The van der Waals surface area contributed by atoms with Crippen molar-refractivity contribution >= 4 is 17.6 Å². The lowest BCUT2D eigenvalue weighted by molar-refractivity contribution is -0.148. The van der Waals surface area contributed by atoms with Crippen molar-refractivity contribution in [2.45, 2.75) is 0 Å². The van der Waals surface area contributed by atoms with Crippen molar-refractivity contribution in [3.63, 3.8) is 0 Å². The number of rotatable bonds is 4. The Balaban J connectivity index is 2.09. The lowest BCUT2D eigenvalue weighted by Gasteiger charge is -2.31. The second-order valence-corrected chi connectivity index (χ2v) is 4.77. The number of ether oxygens (including phenoxy) is 1. The van der Waals surface area contributed by atoms with E-state index in [4.69, 9.17) is 4.74 Å². The summed E-state index contributed by atoms with van der Waals surface area (Å²) < 4.78 is 18.3. The van der Waals surface area contributed by atoms with E-state index >= 15 is 0 Å². The van der Waals surface area contributed by atoms with Gasteiger partial charge in [0.15, 0.2) is 17.3 Å². The third-order valence-corrected chi connectivity index (χ3v) is 3.29.